The zero-order valence-electron chi connectivity index (χ0n) is 19.8. The van der Waals surface area contributed by atoms with E-state index in [4.69, 9.17) is 16.3 Å². The van der Waals surface area contributed by atoms with Crippen LogP contribution in [-0.2, 0) is 16.1 Å². The summed E-state index contributed by atoms with van der Waals surface area (Å²) in [6.45, 7) is 1.39. The van der Waals surface area contributed by atoms with Gasteiger partial charge in [0.05, 0.1) is 12.3 Å². The molecule has 0 aliphatic carbocycles. The molecule has 0 radical (unpaired) electrons. The molecule has 2 atom stereocenters. The zero-order chi connectivity index (χ0) is 26.5. The van der Waals surface area contributed by atoms with Gasteiger partial charge in [-0.2, -0.15) is 9.37 Å². The second-order valence-electron chi connectivity index (χ2n) is 8.57. The third-order valence-corrected chi connectivity index (χ3v) is 6.02. The van der Waals surface area contributed by atoms with Crippen LogP contribution < -0.4 is 10.1 Å². The molecular weight excluding hydrogens is 503 g/mol. The maximum absolute atomic E-state index is 13.4. The molecule has 2 heterocycles. The van der Waals surface area contributed by atoms with Gasteiger partial charge in [0.25, 0.3) is 0 Å². The average Bonchev–Trinajstić information content (AvgIpc) is 2.86. The number of hydrogen-bond donors (Lipinski definition) is 2. The highest BCUT2D eigenvalue weighted by Crippen LogP contribution is 2.26. The fraction of sp³-hybridized carbons (Fsp3) is 0.231. The normalized spacial score (nSPS) is 16.5. The van der Waals surface area contributed by atoms with E-state index in [9.17, 15) is 23.9 Å². The van der Waals surface area contributed by atoms with Gasteiger partial charge in [0.1, 0.15) is 11.9 Å². The molecule has 2 aromatic carbocycles. The molecule has 3 aromatic rings. The van der Waals surface area contributed by atoms with Crippen LogP contribution in [-0.4, -0.2) is 50.5 Å². The van der Waals surface area contributed by atoms with Crippen molar-refractivity contribution in [1.82, 2.24) is 14.8 Å². The Labute approximate surface area is 217 Å². The Kier molecular flexibility index (Phi) is 7.88. The number of nitrogens with one attached hydrogen (secondary N) is 1. The molecule has 1 unspecified atom stereocenters. The fourth-order valence-corrected chi connectivity index (χ4v) is 3.91. The van der Waals surface area contributed by atoms with E-state index in [2.05, 4.69) is 10.3 Å². The summed E-state index contributed by atoms with van der Waals surface area (Å²) in [4.78, 5) is 43.7. The Morgan fingerprint density at radius 1 is 1.16 bits per heavy atom. The number of carboxylic acid groups (broad SMARTS) is 1. The van der Waals surface area contributed by atoms with Gasteiger partial charge < -0.3 is 15.2 Å². The maximum atomic E-state index is 13.4. The minimum atomic E-state index is -1.10. The molecule has 3 amide bonds. The van der Waals surface area contributed by atoms with Crippen molar-refractivity contribution < 1.29 is 28.6 Å². The van der Waals surface area contributed by atoms with E-state index in [1.165, 1.54) is 30.0 Å². The van der Waals surface area contributed by atoms with Crippen molar-refractivity contribution in [3.8, 4) is 11.6 Å². The molecule has 1 aromatic heterocycles. The summed E-state index contributed by atoms with van der Waals surface area (Å²) >= 11 is 5.99. The fourth-order valence-electron chi connectivity index (χ4n) is 3.78. The number of halogens is 2. The first-order valence-electron chi connectivity index (χ1n) is 11.4. The second-order valence-corrected chi connectivity index (χ2v) is 9.01. The molecule has 0 spiro atoms. The summed E-state index contributed by atoms with van der Waals surface area (Å²) in [5.74, 6) is -2.61. The van der Waals surface area contributed by atoms with Gasteiger partial charge in [0, 0.05) is 29.9 Å². The first-order chi connectivity index (χ1) is 17.7. The van der Waals surface area contributed by atoms with Crippen molar-refractivity contribution >= 4 is 35.2 Å². The number of aromatic nitrogens is 1. The number of ether oxygens (including phenoxy) is 1. The smallest absolute Gasteiger partial charge is 0.328 e. The van der Waals surface area contributed by atoms with Gasteiger partial charge in [-0.25, -0.2) is 4.79 Å². The number of urea groups is 1. The van der Waals surface area contributed by atoms with Crippen molar-refractivity contribution in [3.63, 3.8) is 0 Å². The predicted molar refractivity (Wildman–Crippen MR) is 134 cm³/mol. The Balaban J connectivity index is 1.52. The maximum Gasteiger partial charge on any atom is 0.328 e. The summed E-state index contributed by atoms with van der Waals surface area (Å²) in [7, 11) is 0. The topological polar surface area (TPSA) is 112 Å². The van der Waals surface area contributed by atoms with E-state index in [1.807, 2.05) is 0 Å². The van der Waals surface area contributed by atoms with Gasteiger partial charge in [-0.15, -0.1) is 0 Å². The van der Waals surface area contributed by atoms with Crippen LogP contribution in [0.2, 0.25) is 5.02 Å². The van der Waals surface area contributed by atoms with Crippen LogP contribution in [0.15, 0.2) is 66.7 Å². The van der Waals surface area contributed by atoms with E-state index < -0.39 is 35.9 Å². The highest BCUT2D eigenvalue weighted by atomic mass is 35.5. The lowest BCUT2D eigenvalue weighted by Gasteiger charge is -2.41. The largest absolute Gasteiger partial charge is 0.481 e. The van der Waals surface area contributed by atoms with Crippen LogP contribution in [0.3, 0.4) is 0 Å². The minimum absolute atomic E-state index is 0.0584. The predicted octanol–water partition coefficient (Wildman–Crippen LogP) is 4.98. The molecule has 37 heavy (non-hydrogen) atoms. The van der Waals surface area contributed by atoms with Crippen molar-refractivity contribution in [2.24, 2.45) is 5.92 Å². The van der Waals surface area contributed by atoms with Crippen LogP contribution >= 0.6 is 11.6 Å². The summed E-state index contributed by atoms with van der Waals surface area (Å²) in [6, 6.07) is 17.3. The van der Waals surface area contributed by atoms with E-state index in [0.29, 0.717) is 16.5 Å². The lowest BCUT2D eigenvalue weighted by molar-refractivity contribution is -0.143. The van der Waals surface area contributed by atoms with E-state index >= 15 is 0 Å². The van der Waals surface area contributed by atoms with Crippen LogP contribution in [0.5, 0.6) is 11.6 Å². The summed E-state index contributed by atoms with van der Waals surface area (Å²) < 4.78 is 18.9. The number of pyridine rings is 1. The van der Waals surface area contributed by atoms with E-state index in [-0.39, 0.29) is 25.4 Å². The van der Waals surface area contributed by atoms with Crippen molar-refractivity contribution in [2.45, 2.75) is 26.1 Å². The Morgan fingerprint density at radius 3 is 2.51 bits per heavy atom. The van der Waals surface area contributed by atoms with E-state index in [0.717, 1.165) is 10.5 Å². The van der Waals surface area contributed by atoms with Gasteiger partial charge in [-0.1, -0.05) is 36.7 Å². The SMILES string of the molecule is C[C@@H](CN1C(=O)CC(Nc2ccc(Oc3cccc(F)n3)cc2)N(Cc2ccc(Cl)cc2)C1=O)C(=O)O. The third-order valence-electron chi connectivity index (χ3n) is 5.77. The quantitative estimate of drug-likeness (QED) is 0.378. The van der Waals surface area contributed by atoms with Gasteiger partial charge in [-0.3, -0.25) is 19.4 Å². The van der Waals surface area contributed by atoms with Gasteiger partial charge in [0.2, 0.25) is 17.7 Å². The molecule has 4 rings (SSSR count). The molecule has 192 valence electrons. The second kappa shape index (κ2) is 11.3. The molecule has 1 aliphatic rings. The van der Waals surface area contributed by atoms with Crippen LogP contribution in [0, 0.1) is 11.9 Å². The third kappa shape index (κ3) is 6.53. The summed E-state index contributed by atoms with van der Waals surface area (Å²) in [5, 5.41) is 13.0. The molecule has 0 saturated carbocycles. The summed E-state index contributed by atoms with van der Waals surface area (Å²) in [6.07, 6.45) is -0.749. The lowest BCUT2D eigenvalue weighted by atomic mass is 10.1. The molecule has 0 bridgehead atoms. The molecule has 1 saturated heterocycles. The number of anilines is 1. The number of aliphatic carboxylic acids is 1. The number of amides is 3. The van der Waals surface area contributed by atoms with Gasteiger partial charge in [0.15, 0.2) is 0 Å². The van der Waals surface area contributed by atoms with Crippen molar-refractivity contribution in [3.05, 3.63) is 83.3 Å². The van der Waals surface area contributed by atoms with Gasteiger partial charge in [-0.05, 0) is 48.0 Å². The Morgan fingerprint density at radius 2 is 1.86 bits per heavy atom. The average molecular weight is 527 g/mol. The number of rotatable bonds is 9. The van der Waals surface area contributed by atoms with Crippen LogP contribution in [0.25, 0.3) is 0 Å². The standard InChI is InChI=1S/C26H24ClFN4O5/c1-16(25(34)35)14-32-24(33)13-22(31(26(32)36)15-17-5-7-18(27)8-6-17)29-19-9-11-20(12-10-19)37-23-4-2-3-21(28)30-23/h2-12,16,22,29H,13-15H2,1H3,(H,34,35)/t16-,22?/m0/s1. The summed E-state index contributed by atoms with van der Waals surface area (Å²) in [5.41, 5.74) is 1.40. The number of carbonyl (C=O) groups is 3. The highest BCUT2D eigenvalue weighted by Gasteiger charge is 2.40. The number of carboxylic acids is 1. The molecule has 9 nitrogen and oxygen atoms in total. The van der Waals surface area contributed by atoms with Crippen LogP contribution in [0.4, 0.5) is 14.9 Å². The highest BCUT2D eigenvalue weighted by molar-refractivity contribution is 6.30. The molecule has 2 N–H and O–H groups in total. The zero-order valence-corrected chi connectivity index (χ0v) is 20.6. The number of hydrogen-bond acceptors (Lipinski definition) is 6. The molecule has 1 fully saturated rings. The number of benzene rings is 2. The minimum Gasteiger partial charge on any atom is -0.481 e. The lowest BCUT2D eigenvalue weighted by Crippen LogP contribution is -2.59. The Hall–Kier alpha value is -4.18. The monoisotopic (exact) mass is 526 g/mol. The number of nitrogens with zero attached hydrogens (tertiary/aromatic N) is 3. The van der Waals surface area contributed by atoms with Crippen LogP contribution in [0.1, 0.15) is 18.9 Å². The molecular formula is C26H24ClFN4O5. The first-order valence-corrected chi connectivity index (χ1v) is 11.8. The number of imide groups is 1. The molecule has 11 heteroatoms. The first kappa shape index (κ1) is 25.9. The Bertz CT molecular complexity index is 1290. The van der Waals surface area contributed by atoms with Crippen molar-refractivity contribution in [2.75, 3.05) is 11.9 Å². The van der Waals surface area contributed by atoms with Crippen molar-refractivity contribution in [1.29, 1.82) is 0 Å². The van der Waals surface area contributed by atoms with Gasteiger partial charge >= 0.3 is 12.0 Å². The number of carbonyl (C=O) groups excluding carboxylic acids is 2. The van der Waals surface area contributed by atoms with E-state index in [1.54, 1.807) is 48.5 Å². The molecule has 1 aliphatic heterocycles.